The SMILES string of the molecule is CC1=Nc2c(sc3ccc([N+](=O)[O-])cc23)C1(c1ccccc1)c1ccccc1. The number of thiophene rings is 1. The summed E-state index contributed by atoms with van der Waals surface area (Å²) in [6, 6.07) is 25.8. The molecule has 0 saturated heterocycles. The standard InChI is InChI=1S/C23H16N2O2S/c1-15-23(16-8-4-2-5-9-16,17-10-6-3-7-11-17)22-21(24-15)19-14-18(25(26)27)12-13-20(19)28-22/h2-14H,1H3. The van der Waals surface area contributed by atoms with Crippen molar-refractivity contribution in [2.75, 3.05) is 0 Å². The van der Waals surface area contributed by atoms with E-state index in [2.05, 4.69) is 31.2 Å². The van der Waals surface area contributed by atoms with Gasteiger partial charge in [-0.2, -0.15) is 0 Å². The van der Waals surface area contributed by atoms with Crippen molar-refractivity contribution in [2.24, 2.45) is 4.99 Å². The van der Waals surface area contributed by atoms with Crippen molar-refractivity contribution in [3.05, 3.63) is 105 Å². The molecule has 0 radical (unpaired) electrons. The number of nitro groups is 1. The fraction of sp³-hybridized carbons (Fsp3) is 0.0870. The predicted molar refractivity (Wildman–Crippen MR) is 114 cm³/mol. The first kappa shape index (κ1) is 16.8. The minimum atomic E-state index is -0.476. The van der Waals surface area contributed by atoms with Gasteiger partial charge in [-0.3, -0.25) is 15.1 Å². The zero-order chi connectivity index (χ0) is 19.3. The minimum Gasteiger partial charge on any atom is -0.258 e. The molecule has 3 aromatic carbocycles. The first-order valence-corrected chi connectivity index (χ1v) is 9.82. The molecule has 2 heterocycles. The first-order valence-electron chi connectivity index (χ1n) is 9.00. The highest BCUT2D eigenvalue weighted by Gasteiger charge is 2.46. The van der Waals surface area contributed by atoms with Crippen LogP contribution < -0.4 is 0 Å². The van der Waals surface area contributed by atoms with E-state index in [1.807, 2.05) is 42.5 Å². The van der Waals surface area contributed by atoms with Gasteiger partial charge in [0.25, 0.3) is 5.69 Å². The molecule has 1 aliphatic heterocycles. The Labute approximate surface area is 166 Å². The summed E-state index contributed by atoms with van der Waals surface area (Å²) in [5, 5.41) is 12.1. The number of benzene rings is 3. The number of hydrogen-bond acceptors (Lipinski definition) is 4. The lowest BCUT2D eigenvalue weighted by atomic mass is 9.71. The van der Waals surface area contributed by atoms with Crippen molar-refractivity contribution < 1.29 is 4.92 Å². The molecule has 4 nitrogen and oxygen atoms in total. The van der Waals surface area contributed by atoms with E-state index in [4.69, 9.17) is 4.99 Å². The molecule has 0 amide bonds. The van der Waals surface area contributed by atoms with Gasteiger partial charge in [0.2, 0.25) is 0 Å². The lowest BCUT2D eigenvalue weighted by molar-refractivity contribution is -0.384. The van der Waals surface area contributed by atoms with E-state index < -0.39 is 5.41 Å². The number of aliphatic imine (C=N–C) groups is 1. The van der Waals surface area contributed by atoms with Gasteiger partial charge in [0.1, 0.15) is 0 Å². The molecular formula is C23H16N2O2S. The molecule has 5 rings (SSSR count). The zero-order valence-electron chi connectivity index (χ0n) is 15.1. The van der Waals surface area contributed by atoms with Gasteiger partial charge in [-0.25, -0.2) is 0 Å². The molecule has 0 saturated carbocycles. The summed E-state index contributed by atoms with van der Waals surface area (Å²) in [6.45, 7) is 2.05. The third-order valence-corrected chi connectivity index (χ3v) is 6.71. The van der Waals surface area contributed by atoms with Crippen LogP contribution in [0.1, 0.15) is 22.9 Å². The Morgan fingerprint density at radius 1 is 0.929 bits per heavy atom. The summed E-state index contributed by atoms with van der Waals surface area (Å²) >= 11 is 1.67. The van der Waals surface area contributed by atoms with Crippen molar-refractivity contribution in [3.8, 4) is 0 Å². The van der Waals surface area contributed by atoms with Gasteiger partial charge in [0, 0.05) is 27.9 Å². The molecule has 0 aliphatic carbocycles. The normalized spacial score (nSPS) is 14.7. The fourth-order valence-electron chi connectivity index (χ4n) is 4.19. The summed E-state index contributed by atoms with van der Waals surface area (Å²) in [4.78, 5) is 17.0. The van der Waals surface area contributed by atoms with Crippen LogP contribution in [0, 0.1) is 10.1 Å². The molecule has 136 valence electrons. The maximum Gasteiger partial charge on any atom is 0.270 e. The van der Waals surface area contributed by atoms with Gasteiger partial charge in [0.05, 0.1) is 20.9 Å². The molecule has 1 aromatic heterocycles. The monoisotopic (exact) mass is 384 g/mol. The summed E-state index contributed by atoms with van der Waals surface area (Å²) < 4.78 is 1.02. The average molecular weight is 384 g/mol. The lowest BCUT2D eigenvalue weighted by Crippen LogP contribution is -2.33. The Morgan fingerprint density at radius 2 is 1.54 bits per heavy atom. The van der Waals surface area contributed by atoms with Crippen LogP contribution in [0.2, 0.25) is 0 Å². The first-order chi connectivity index (χ1) is 13.6. The Balaban J connectivity index is 1.88. The molecule has 4 aromatic rings. The van der Waals surface area contributed by atoms with Crippen LogP contribution in [0.15, 0.2) is 83.9 Å². The molecule has 0 spiro atoms. The number of hydrogen-bond donors (Lipinski definition) is 0. The molecule has 0 atom stereocenters. The highest BCUT2D eigenvalue weighted by Crippen LogP contribution is 2.55. The third kappa shape index (κ3) is 2.20. The quantitative estimate of drug-likeness (QED) is 0.310. The van der Waals surface area contributed by atoms with E-state index in [9.17, 15) is 10.1 Å². The Hall–Kier alpha value is -3.31. The Morgan fingerprint density at radius 3 is 2.11 bits per heavy atom. The molecule has 0 bridgehead atoms. The third-order valence-electron chi connectivity index (χ3n) is 5.43. The van der Waals surface area contributed by atoms with Crippen LogP contribution >= 0.6 is 11.3 Å². The van der Waals surface area contributed by atoms with Crippen LogP contribution in [0.4, 0.5) is 11.4 Å². The summed E-state index contributed by atoms with van der Waals surface area (Å²) in [5.74, 6) is 0. The highest BCUT2D eigenvalue weighted by atomic mass is 32.1. The second-order valence-corrected chi connectivity index (χ2v) is 7.95. The van der Waals surface area contributed by atoms with E-state index in [1.54, 1.807) is 23.5 Å². The van der Waals surface area contributed by atoms with E-state index in [1.165, 1.54) is 0 Å². The number of rotatable bonds is 3. The van der Waals surface area contributed by atoms with E-state index in [-0.39, 0.29) is 10.6 Å². The van der Waals surface area contributed by atoms with Gasteiger partial charge in [-0.1, -0.05) is 60.7 Å². The van der Waals surface area contributed by atoms with E-state index in [0.29, 0.717) is 0 Å². The summed E-state index contributed by atoms with van der Waals surface area (Å²) in [5.41, 5.74) is 3.77. The molecule has 28 heavy (non-hydrogen) atoms. The van der Waals surface area contributed by atoms with Crippen molar-refractivity contribution in [2.45, 2.75) is 12.3 Å². The Kier molecular flexibility index (Phi) is 3.67. The van der Waals surface area contributed by atoms with Crippen molar-refractivity contribution in [1.29, 1.82) is 0 Å². The maximum atomic E-state index is 11.3. The number of non-ortho nitro benzene ring substituents is 1. The molecule has 0 unspecified atom stereocenters. The largest absolute Gasteiger partial charge is 0.270 e. The van der Waals surface area contributed by atoms with Gasteiger partial charge >= 0.3 is 0 Å². The Bertz CT molecular complexity index is 1200. The molecule has 0 fully saturated rings. The van der Waals surface area contributed by atoms with Crippen LogP contribution in [-0.4, -0.2) is 10.6 Å². The highest BCUT2D eigenvalue weighted by molar-refractivity contribution is 7.20. The van der Waals surface area contributed by atoms with E-state index >= 15 is 0 Å². The molecule has 1 aliphatic rings. The number of fused-ring (bicyclic) bond motifs is 3. The minimum absolute atomic E-state index is 0.0953. The smallest absolute Gasteiger partial charge is 0.258 e. The lowest BCUT2D eigenvalue weighted by Gasteiger charge is -2.31. The van der Waals surface area contributed by atoms with Crippen molar-refractivity contribution in [3.63, 3.8) is 0 Å². The number of nitro benzene ring substituents is 1. The van der Waals surface area contributed by atoms with E-state index in [0.717, 1.165) is 37.5 Å². The molecule has 0 N–H and O–H groups in total. The van der Waals surface area contributed by atoms with Crippen LogP contribution in [-0.2, 0) is 5.41 Å². The fourth-order valence-corrected chi connectivity index (χ4v) is 5.60. The van der Waals surface area contributed by atoms with Gasteiger partial charge in [0.15, 0.2) is 0 Å². The summed E-state index contributed by atoms with van der Waals surface area (Å²) in [7, 11) is 0. The van der Waals surface area contributed by atoms with Crippen molar-refractivity contribution >= 4 is 38.5 Å². The van der Waals surface area contributed by atoms with Crippen LogP contribution in [0.3, 0.4) is 0 Å². The molecule has 5 heteroatoms. The van der Waals surface area contributed by atoms with Crippen LogP contribution in [0.5, 0.6) is 0 Å². The molecular weight excluding hydrogens is 368 g/mol. The topological polar surface area (TPSA) is 55.5 Å². The average Bonchev–Trinajstić information content (AvgIpc) is 3.22. The van der Waals surface area contributed by atoms with Crippen molar-refractivity contribution in [1.82, 2.24) is 0 Å². The zero-order valence-corrected chi connectivity index (χ0v) is 15.9. The van der Waals surface area contributed by atoms with Crippen LogP contribution in [0.25, 0.3) is 10.1 Å². The predicted octanol–water partition coefficient (Wildman–Crippen LogP) is 6.25. The number of nitrogens with zero attached hydrogens (tertiary/aromatic N) is 2. The van der Waals surface area contributed by atoms with Gasteiger partial charge in [-0.05, 0) is 24.1 Å². The maximum absolute atomic E-state index is 11.3. The second kappa shape index (κ2) is 6.11. The summed E-state index contributed by atoms with van der Waals surface area (Å²) in [6.07, 6.45) is 0. The second-order valence-electron chi connectivity index (χ2n) is 6.90. The van der Waals surface area contributed by atoms with Gasteiger partial charge in [-0.15, -0.1) is 11.3 Å². The van der Waals surface area contributed by atoms with Gasteiger partial charge < -0.3 is 0 Å².